The summed E-state index contributed by atoms with van der Waals surface area (Å²) < 4.78 is 43.1. The summed E-state index contributed by atoms with van der Waals surface area (Å²) in [4.78, 5) is 13.5. The maximum atomic E-state index is 14.2. The number of fused-ring (bicyclic) bond motifs is 4. The lowest BCUT2D eigenvalue weighted by Gasteiger charge is -2.41. The first-order valence-corrected chi connectivity index (χ1v) is 14.3. The van der Waals surface area contributed by atoms with Gasteiger partial charge in [-0.3, -0.25) is 4.79 Å². The van der Waals surface area contributed by atoms with Crippen LogP contribution in [0.1, 0.15) is 15.9 Å². The molecule has 0 spiro atoms. The lowest BCUT2D eigenvalue weighted by molar-refractivity contribution is -0.0542. The molecule has 0 unspecified atom stereocenters. The Balaban J connectivity index is 1.51. The number of hydrogen-bond acceptors (Lipinski definition) is 10. The zero-order chi connectivity index (χ0) is 27.3. The van der Waals surface area contributed by atoms with E-state index in [2.05, 4.69) is 5.32 Å². The third-order valence-electron chi connectivity index (χ3n) is 6.39. The van der Waals surface area contributed by atoms with Crippen molar-refractivity contribution in [3.8, 4) is 28.7 Å². The Morgan fingerprint density at radius 3 is 2.13 bits per heavy atom. The van der Waals surface area contributed by atoms with E-state index in [1.165, 1.54) is 6.07 Å². The standard InChI is InChI=1S/C26H21INO10P/c27-19-17-15-11-16-24(35-12-34-16)25(18(15)26(32)28-20(17)22(30)23(31)21(19)29)38-39(33,36-13-7-3-1-4-8-13)37-14-9-5-2-6-10-14/h1-11,20-23,29-31H,12H2,(H,28,32)/t20-,21+,22+,23-/m1/s1. The SMILES string of the molecule is O=C1N[C@@H]2C(=C(I)[C@H](O)[C@@H](O)[C@H]2O)c2cc3c(c(OP(=O)(Oc4ccccc4)Oc4ccccc4)c21)OCO3. The molecule has 3 aliphatic rings. The predicted molar refractivity (Wildman–Crippen MR) is 145 cm³/mol. The normalized spacial score (nSPS) is 23.4. The fourth-order valence-electron chi connectivity index (χ4n) is 4.61. The van der Waals surface area contributed by atoms with Crippen LogP contribution in [0.5, 0.6) is 28.7 Å². The molecule has 2 aliphatic heterocycles. The first-order valence-electron chi connectivity index (χ1n) is 11.8. The van der Waals surface area contributed by atoms with Gasteiger partial charge >= 0.3 is 7.82 Å². The maximum Gasteiger partial charge on any atom is 0.647 e. The van der Waals surface area contributed by atoms with Crippen LogP contribution in [0.15, 0.2) is 70.3 Å². The van der Waals surface area contributed by atoms with E-state index in [0.717, 1.165) is 0 Å². The van der Waals surface area contributed by atoms with Crippen LogP contribution in [-0.2, 0) is 4.57 Å². The second kappa shape index (κ2) is 10.0. The van der Waals surface area contributed by atoms with Gasteiger partial charge in [-0.1, -0.05) is 36.4 Å². The van der Waals surface area contributed by atoms with Crippen molar-refractivity contribution in [2.45, 2.75) is 24.4 Å². The predicted octanol–water partition coefficient (Wildman–Crippen LogP) is 3.41. The number of aliphatic hydroxyl groups excluding tert-OH is 3. The fourth-order valence-corrected chi connectivity index (χ4v) is 6.87. The minimum absolute atomic E-state index is 0.00319. The van der Waals surface area contributed by atoms with Crippen LogP contribution in [0.2, 0.25) is 0 Å². The van der Waals surface area contributed by atoms with Gasteiger partial charge < -0.3 is 43.7 Å². The molecule has 0 saturated heterocycles. The molecule has 13 heteroatoms. The number of rotatable bonds is 6. The van der Waals surface area contributed by atoms with Crippen LogP contribution >= 0.6 is 30.4 Å². The van der Waals surface area contributed by atoms with Gasteiger partial charge in [-0.15, -0.1) is 0 Å². The first kappa shape index (κ1) is 26.0. The van der Waals surface area contributed by atoms with Crippen LogP contribution in [0, 0.1) is 0 Å². The lowest BCUT2D eigenvalue weighted by Crippen LogP contribution is -2.58. The Morgan fingerprint density at radius 1 is 0.897 bits per heavy atom. The van der Waals surface area contributed by atoms with Gasteiger partial charge in [0, 0.05) is 9.14 Å². The molecular formula is C26H21INO10P. The number of carbonyl (C=O) groups is 1. The average Bonchev–Trinajstić information content (AvgIpc) is 3.40. The van der Waals surface area contributed by atoms with Crippen molar-refractivity contribution < 1.29 is 47.7 Å². The fraction of sp³-hybridized carbons (Fsp3) is 0.192. The minimum Gasteiger partial charge on any atom is -0.453 e. The molecule has 202 valence electrons. The van der Waals surface area contributed by atoms with Crippen molar-refractivity contribution in [2.75, 3.05) is 6.79 Å². The van der Waals surface area contributed by atoms with Gasteiger partial charge in [0.1, 0.15) is 29.8 Å². The summed E-state index contributed by atoms with van der Waals surface area (Å²) in [6.45, 7) is -0.205. The van der Waals surface area contributed by atoms with E-state index in [0.29, 0.717) is 9.15 Å². The van der Waals surface area contributed by atoms with Crippen molar-refractivity contribution >= 4 is 41.9 Å². The van der Waals surface area contributed by atoms with Crippen LogP contribution in [0.4, 0.5) is 0 Å². The van der Waals surface area contributed by atoms with Crippen molar-refractivity contribution in [3.63, 3.8) is 0 Å². The van der Waals surface area contributed by atoms with Crippen molar-refractivity contribution in [1.29, 1.82) is 0 Å². The third kappa shape index (κ3) is 4.61. The molecule has 1 amide bonds. The second-order valence-electron chi connectivity index (χ2n) is 8.85. The molecule has 0 radical (unpaired) electrons. The highest BCUT2D eigenvalue weighted by Crippen LogP contribution is 2.57. The Labute approximate surface area is 235 Å². The quantitative estimate of drug-likeness (QED) is 0.228. The molecule has 4 N–H and O–H groups in total. The molecule has 4 atom stereocenters. The van der Waals surface area contributed by atoms with Gasteiger partial charge in [-0.05, 0) is 58.5 Å². The van der Waals surface area contributed by atoms with Gasteiger partial charge in [0.25, 0.3) is 5.91 Å². The average molecular weight is 665 g/mol. The highest BCUT2D eigenvalue weighted by Gasteiger charge is 2.49. The van der Waals surface area contributed by atoms with E-state index >= 15 is 0 Å². The van der Waals surface area contributed by atoms with E-state index < -0.39 is 38.1 Å². The minimum atomic E-state index is -4.55. The van der Waals surface area contributed by atoms with Crippen molar-refractivity contribution in [2.24, 2.45) is 0 Å². The Hall–Kier alpha value is -3.29. The van der Waals surface area contributed by atoms with Gasteiger partial charge in [0.2, 0.25) is 12.5 Å². The smallest absolute Gasteiger partial charge is 0.453 e. The van der Waals surface area contributed by atoms with E-state index in [1.807, 2.05) is 22.6 Å². The number of carbonyl (C=O) groups excluding carboxylic acids is 1. The van der Waals surface area contributed by atoms with Gasteiger partial charge in [0.05, 0.1) is 11.6 Å². The van der Waals surface area contributed by atoms with Crippen molar-refractivity contribution in [3.05, 3.63) is 81.4 Å². The summed E-state index contributed by atoms with van der Waals surface area (Å²) in [5.41, 5.74) is 0.494. The number of para-hydroxylation sites is 2. The summed E-state index contributed by atoms with van der Waals surface area (Å²) >= 11 is 1.85. The zero-order valence-electron chi connectivity index (χ0n) is 19.9. The Kier molecular flexibility index (Phi) is 6.68. The molecular weight excluding hydrogens is 644 g/mol. The molecule has 6 rings (SSSR count). The van der Waals surface area contributed by atoms with Gasteiger partial charge in [-0.2, -0.15) is 4.57 Å². The third-order valence-corrected chi connectivity index (χ3v) is 8.88. The van der Waals surface area contributed by atoms with E-state index in [9.17, 15) is 24.7 Å². The number of hydrogen-bond donors (Lipinski definition) is 4. The highest BCUT2D eigenvalue weighted by atomic mass is 127. The molecule has 39 heavy (non-hydrogen) atoms. The number of aliphatic hydroxyl groups is 3. The summed E-state index contributed by atoms with van der Waals surface area (Å²) in [7, 11) is -4.55. The van der Waals surface area contributed by atoms with Gasteiger partial charge in [-0.25, -0.2) is 0 Å². The summed E-state index contributed by atoms with van der Waals surface area (Å²) in [5.74, 6) is -0.421. The van der Waals surface area contributed by atoms with E-state index in [1.54, 1.807) is 60.7 Å². The maximum absolute atomic E-state index is 14.2. The number of phosphoric ester groups is 1. The molecule has 2 heterocycles. The van der Waals surface area contributed by atoms with E-state index in [4.69, 9.17) is 23.0 Å². The monoisotopic (exact) mass is 665 g/mol. The largest absolute Gasteiger partial charge is 0.647 e. The summed E-state index contributed by atoms with van der Waals surface area (Å²) in [5, 5.41) is 34.2. The topological polar surface area (TPSA) is 153 Å². The molecule has 0 bridgehead atoms. The first-order chi connectivity index (χ1) is 18.8. The molecule has 0 saturated carbocycles. The Morgan fingerprint density at radius 2 is 1.51 bits per heavy atom. The lowest BCUT2D eigenvalue weighted by atomic mass is 9.79. The van der Waals surface area contributed by atoms with Crippen molar-refractivity contribution in [1.82, 2.24) is 5.32 Å². The number of amides is 1. The molecule has 3 aromatic rings. The number of nitrogens with one attached hydrogen (secondary N) is 1. The molecule has 0 aromatic heterocycles. The van der Waals surface area contributed by atoms with Crippen LogP contribution in [0.25, 0.3) is 5.57 Å². The number of halogens is 1. The van der Waals surface area contributed by atoms with E-state index in [-0.39, 0.29) is 46.7 Å². The zero-order valence-corrected chi connectivity index (χ0v) is 22.9. The second-order valence-corrected chi connectivity index (χ2v) is 11.5. The molecule has 1 aliphatic carbocycles. The molecule has 3 aromatic carbocycles. The number of benzene rings is 3. The molecule has 0 fully saturated rings. The molecule has 11 nitrogen and oxygen atoms in total. The number of phosphoric acid groups is 1. The summed E-state index contributed by atoms with van der Waals surface area (Å²) in [6.07, 6.45) is -4.41. The van der Waals surface area contributed by atoms with Crippen LogP contribution < -0.4 is 28.4 Å². The van der Waals surface area contributed by atoms with Crippen LogP contribution in [-0.4, -0.2) is 52.4 Å². The Bertz CT molecular complexity index is 1470. The van der Waals surface area contributed by atoms with Crippen LogP contribution in [0.3, 0.4) is 0 Å². The summed E-state index contributed by atoms with van der Waals surface area (Å²) in [6, 6.07) is 17.0. The highest BCUT2D eigenvalue weighted by molar-refractivity contribution is 14.1. The van der Waals surface area contributed by atoms with Gasteiger partial charge in [0.15, 0.2) is 11.5 Å². The number of ether oxygens (including phenoxy) is 2.